The van der Waals surface area contributed by atoms with E-state index in [-0.39, 0.29) is 5.91 Å². The van der Waals surface area contributed by atoms with E-state index in [1.165, 1.54) is 11.8 Å². The lowest BCUT2D eigenvalue weighted by molar-refractivity contribution is -0.115. The number of aryl methyl sites for hydroxylation is 1. The molecule has 3 aromatic rings. The van der Waals surface area contributed by atoms with Crippen molar-refractivity contribution in [2.24, 2.45) is 4.99 Å². The summed E-state index contributed by atoms with van der Waals surface area (Å²) in [6, 6.07) is 18.7. The highest BCUT2D eigenvalue weighted by Crippen LogP contribution is 2.32. The van der Waals surface area contributed by atoms with Gasteiger partial charge in [-0.15, -0.1) is 0 Å². The van der Waals surface area contributed by atoms with E-state index in [4.69, 9.17) is 27.9 Å². The summed E-state index contributed by atoms with van der Waals surface area (Å²) in [5.41, 5.74) is 3.66. The average Bonchev–Trinajstić information content (AvgIpc) is 3.09. The number of halogens is 3. The number of nitrogens with one attached hydrogen (secondary N) is 1. The van der Waals surface area contributed by atoms with Gasteiger partial charge in [-0.05, 0) is 82.7 Å². The Kier molecular flexibility index (Phi) is 7.26. The Labute approximate surface area is 208 Å². The molecule has 0 unspecified atom stereocenters. The summed E-state index contributed by atoms with van der Waals surface area (Å²) in [4.78, 5) is 17.4. The quantitative estimate of drug-likeness (QED) is 0.336. The van der Waals surface area contributed by atoms with Crippen LogP contribution in [0.1, 0.15) is 16.7 Å². The van der Waals surface area contributed by atoms with Crippen molar-refractivity contribution < 1.29 is 9.53 Å². The molecular formula is C24H17BrCl2N2O2S. The van der Waals surface area contributed by atoms with E-state index in [0.29, 0.717) is 32.5 Å². The summed E-state index contributed by atoms with van der Waals surface area (Å²) in [6.07, 6.45) is 1.82. The number of nitrogens with zero attached hydrogens (tertiary/aromatic N) is 1. The smallest absolute Gasteiger partial charge is 0.264 e. The molecule has 1 N–H and O–H groups in total. The lowest BCUT2D eigenvalue weighted by Gasteiger charge is -2.10. The molecule has 8 heteroatoms. The number of carbonyl (C=O) groups excluding carboxylic acids is 1. The highest BCUT2D eigenvalue weighted by atomic mass is 79.9. The zero-order chi connectivity index (χ0) is 22.7. The van der Waals surface area contributed by atoms with Gasteiger partial charge >= 0.3 is 0 Å². The number of aliphatic imine (C=N–C) groups is 1. The van der Waals surface area contributed by atoms with Crippen LogP contribution < -0.4 is 10.1 Å². The van der Waals surface area contributed by atoms with Gasteiger partial charge in [-0.1, -0.05) is 53.0 Å². The zero-order valence-corrected chi connectivity index (χ0v) is 20.8. The molecule has 0 aliphatic carbocycles. The zero-order valence-electron chi connectivity index (χ0n) is 16.9. The first kappa shape index (κ1) is 22.9. The number of benzene rings is 3. The van der Waals surface area contributed by atoms with Crippen LogP contribution >= 0.6 is 50.9 Å². The predicted octanol–water partition coefficient (Wildman–Crippen LogP) is 7.53. The number of carbonyl (C=O) groups is 1. The van der Waals surface area contributed by atoms with Gasteiger partial charge in [-0.25, -0.2) is 4.99 Å². The van der Waals surface area contributed by atoms with Gasteiger partial charge in [0.15, 0.2) is 5.17 Å². The Hall–Kier alpha value is -2.25. The van der Waals surface area contributed by atoms with Crippen molar-refractivity contribution in [2.45, 2.75) is 13.5 Å². The van der Waals surface area contributed by atoms with Crippen molar-refractivity contribution in [3.8, 4) is 5.75 Å². The SMILES string of the molecule is Cc1ccc(N=C2NC(=O)/C(=C\c3ccc(OCc4ccc(Cl)cc4Cl)c(Br)c3)S2)cc1. The fourth-order valence-corrected chi connectivity index (χ4v) is 4.70. The van der Waals surface area contributed by atoms with Crippen molar-refractivity contribution in [2.75, 3.05) is 0 Å². The Morgan fingerprint density at radius 3 is 2.59 bits per heavy atom. The van der Waals surface area contributed by atoms with Gasteiger partial charge < -0.3 is 10.1 Å². The Bertz CT molecular complexity index is 1240. The monoisotopic (exact) mass is 546 g/mol. The third kappa shape index (κ3) is 5.75. The molecule has 0 aromatic heterocycles. The fourth-order valence-electron chi connectivity index (χ4n) is 2.89. The van der Waals surface area contributed by atoms with Crippen molar-refractivity contribution in [3.63, 3.8) is 0 Å². The minimum absolute atomic E-state index is 0.172. The van der Waals surface area contributed by atoms with Gasteiger partial charge in [0, 0.05) is 15.6 Å². The number of hydrogen-bond acceptors (Lipinski definition) is 4. The first-order chi connectivity index (χ1) is 15.4. The van der Waals surface area contributed by atoms with Gasteiger partial charge in [-0.2, -0.15) is 0 Å². The molecule has 4 rings (SSSR count). The molecule has 1 fully saturated rings. The highest BCUT2D eigenvalue weighted by molar-refractivity contribution is 9.10. The largest absolute Gasteiger partial charge is 0.488 e. The van der Waals surface area contributed by atoms with Gasteiger partial charge in [0.25, 0.3) is 5.91 Å². The number of amides is 1. The Morgan fingerprint density at radius 2 is 1.88 bits per heavy atom. The van der Waals surface area contributed by atoms with Crippen LogP contribution in [0.5, 0.6) is 5.75 Å². The average molecular weight is 548 g/mol. The van der Waals surface area contributed by atoms with E-state index < -0.39 is 0 Å². The number of amidine groups is 1. The van der Waals surface area contributed by atoms with E-state index in [0.717, 1.165) is 26.9 Å². The number of rotatable bonds is 5. The van der Waals surface area contributed by atoms with Crippen LogP contribution in [-0.4, -0.2) is 11.1 Å². The molecule has 0 radical (unpaired) electrons. The number of hydrogen-bond donors (Lipinski definition) is 1. The van der Waals surface area contributed by atoms with Crippen molar-refractivity contribution in [3.05, 3.63) is 96.8 Å². The third-order valence-electron chi connectivity index (χ3n) is 4.57. The van der Waals surface area contributed by atoms with Crippen LogP contribution in [0, 0.1) is 6.92 Å². The standard InChI is InChI=1S/C24H17BrCl2N2O2S/c1-14-2-7-18(8-3-14)28-24-29-23(30)22(32-24)11-15-4-9-21(19(25)10-15)31-13-16-5-6-17(26)12-20(16)27/h2-12H,13H2,1H3,(H,28,29,30)/b22-11+. The molecule has 0 bridgehead atoms. The highest BCUT2D eigenvalue weighted by Gasteiger charge is 2.23. The number of thioether (sulfide) groups is 1. The molecule has 0 atom stereocenters. The number of ether oxygens (including phenoxy) is 1. The summed E-state index contributed by atoms with van der Waals surface area (Å²) in [5.74, 6) is 0.498. The van der Waals surface area contributed by atoms with Crippen LogP contribution in [0.4, 0.5) is 5.69 Å². The van der Waals surface area contributed by atoms with Crippen LogP contribution in [0.15, 0.2) is 75.0 Å². The topological polar surface area (TPSA) is 50.7 Å². The van der Waals surface area contributed by atoms with Gasteiger partial charge in [0.05, 0.1) is 15.1 Å². The Morgan fingerprint density at radius 1 is 1.09 bits per heavy atom. The fraction of sp³-hybridized carbons (Fsp3) is 0.0833. The first-order valence-corrected chi connectivity index (χ1v) is 12.0. The summed E-state index contributed by atoms with van der Waals surface area (Å²) in [7, 11) is 0. The minimum atomic E-state index is -0.172. The molecule has 3 aromatic carbocycles. The summed E-state index contributed by atoms with van der Waals surface area (Å²) in [5, 5.41) is 4.51. The summed E-state index contributed by atoms with van der Waals surface area (Å²) in [6.45, 7) is 2.33. The summed E-state index contributed by atoms with van der Waals surface area (Å²) >= 11 is 17.0. The first-order valence-electron chi connectivity index (χ1n) is 9.60. The molecule has 0 saturated carbocycles. The van der Waals surface area contributed by atoms with E-state index in [9.17, 15) is 4.79 Å². The molecule has 1 aliphatic heterocycles. The van der Waals surface area contributed by atoms with Crippen molar-refractivity contribution in [1.82, 2.24) is 5.32 Å². The maximum Gasteiger partial charge on any atom is 0.264 e. The second kappa shape index (κ2) is 10.1. The third-order valence-corrected chi connectivity index (χ3v) is 6.68. The van der Waals surface area contributed by atoms with E-state index in [1.54, 1.807) is 12.1 Å². The maximum atomic E-state index is 12.4. The lowest BCUT2D eigenvalue weighted by Crippen LogP contribution is -2.19. The minimum Gasteiger partial charge on any atom is -0.488 e. The van der Waals surface area contributed by atoms with Crippen LogP contribution in [-0.2, 0) is 11.4 Å². The Balaban J connectivity index is 1.45. The lowest BCUT2D eigenvalue weighted by atomic mass is 10.2. The molecule has 1 aliphatic rings. The van der Waals surface area contributed by atoms with E-state index in [1.807, 2.05) is 61.5 Å². The van der Waals surface area contributed by atoms with Gasteiger partial charge in [-0.3, -0.25) is 4.79 Å². The predicted molar refractivity (Wildman–Crippen MR) is 137 cm³/mol. The van der Waals surface area contributed by atoms with E-state index >= 15 is 0 Å². The van der Waals surface area contributed by atoms with E-state index in [2.05, 4.69) is 26.2 Å². The second-order valence-corrected chi connectivity index (χ2v) is 9.76. The van der Waals surface area contributed by atoms with Gasteiger partial charge in [0.2, 0.25) is 0 Å². The van der Waals surface area contributed by atoms with Crippen LogP contribution in [0.2, 0.25) is 10.0 Å². The molecule has 32 heavy (non-hydrogen) atoms. The molecule has 162 valence electrons. The normalized spacial score (nSPS) is 15.9. The van der Waals surface area contributed by atoms with Crippen molar-refractivity contribution >= 4 is 73.7 Å². The van der Waals surface area contributed by atoms with Crippen LogP contribution in [0.3, 0.4) is 0 Å². The molecule has 1 amide bonds. The molecule has 0 spiro atoms. The summed E-state index contributed by atoms with van der Waals surface area (Å²) < 4.78 is 6.65. The molecule has 4 nitrogen and oxygen atoms in total. The molecule has 1 heterocycles. The molecular weight excluding hydrogens is 531 g/mol. The van der Waals surface area contributed by atoms with Gasteiger partial charge in [0.1, 0.15) is 12.4 Å². The molecule has 1 saturated heterocycles. The second-order valence-electron chi connectivity index (χ2n) is 7.03. The van der Waals surface area contributed by atoms with Crippen molar-refractivity contribution in [1.29, 1.82) is 0 Å². The van der Waals surface area contributed by atoms with Crippen LogP contribution in [0.25, 0.3) is 6.08 Å². The maximum absolute atomic E-state index is 12.4.